The van der Waals surface area contributed by atoms with Crippen molar-refractivity contribution in [3.63, 3.8) is 0 Å². The fourth-order valence-corrected chi connectivity index (χ4v) is 3.66. The van der Waals surface area contributed by atoms with Crippen molar-refractivity contribution in [2.24, 2.45) is 0 Å². The van der Waals surface area contributed by atoms with E-state index in [9.17, 15) is 0 Å². The first kappa shape index (κ1) is 20.1. The van der Waals surface area contributed by atoms with Gasteiger partial charge in [-0.05, 0) is 60.9 Å². The first-order valence-corrected chi connectivity index (χ1v) is 10.1. The van der Waals surface area contributed by atoms with Crippen LogP contribution in [-0.4, -0.2) is 6.54 Å². The Balaban J connectivity index is 2.55. The van der Waals surface area contributed by atoms with Crippen molar-refractivity contribution in [2.75, 3.05) is 11.9 Å². The number of hydrogen-bond donors (Lipinski definition) is 1. The molecule has 1 aromatic rings. The van der Waals surface area contributed by atoms with Gasteiger partial charge in [0.05, 0.1) is 0 Å². The normalized spacial score (nSPS) is 11.0. The number of unbranched alkanes of at least 4 members (excludes halogenated alkanes) is 6. The lowest BCUT2D eigenvalue weighted by Gasteiger charge is -2.20. The molecule has 0 saturated heterocycles. The molecular formula is C22H39N. The van der Waals surface area contributed by atoms with Gasteiger partial charge in [-0.25, -0.2) is 0 Å². The van der Waals surface area contributed by atoms with Crippen LogP contribution in [0.2, 0.25) is 0 Å². The third kappa shape index (κ3) is 6.20. The molecule has 0 aliphatic carbocycles. The van der Waals surface area contributed by atoms with Crippen molar-refractivity contribution in [1.29, 1.82) is 0 Å². The van der Waals surface area contributed by atoms with E-state index in [1.807, 2.05) is 0 Å². The van der Waals surface area contributed by atoms with E-state index in [1.54, 1.807) is 11.1 Å². The molecule has 0 aliphatic heterocycles. The Kier molecular flexibility index (Phi) is 10.1. The predicted octanol–water partition coefficient (Wildman–Crippen LogP) is 6.84. The van der Waals surface area contributed by atoms with Crippen LogP contribution in [0.4, 0.5) is 5.69 Å². The molecule has 1 N–H and O–H groups in total. The molecule has 132 valence electrons. The smallest absolute Gasteiger partial charge is 0.0378 e. The zero-order valence-corrected chi connectivity index (χ0v) is 16.4. The summed E-state index contributed by atoms with van der Waals surface area (Å²) in [4.78, 5) is 0. The molecule has 0 fully saturated rings. The third-order valence-electron chi connectivity index (χ3n) is 5.13. The Bertz CT molecular complexity index is 448. The van der Waals surface area contributed by atoms with E-state index >= 15 is 0 Å². The number of rotatable bonds is 12. The molecule has 0 bridgehead atoms. The number of anilines is 1. The average molecular weight is 318 g/mol. The van der Waals surface area contributed by atoms with Gasteiger partial charge in [-0.3, -0.25) is 0 Å². The van der Waals surface area contributed by atoms with E-state index in [-0.39, 0.29) is 0 Å². The van der Waals surface area contributed by atoms with Gasteiger partial charge in [-0.2, -0.15) is 0 Å². The quantitative estimate of drug-likeness (QED) is 0.416. The van der Waals surface area contributed by atoms with Gasteiger partial charge in [0.1, 0.15) is 0 Å². The van der Waals surface area contributed by atoms with Gasteiger partial charge in [0.15, 0.2) is 0 Å². The molecule has 0 unspecified atom stereocenters. The zero-order valence-electron chi connectivity index (χ0n) is 16.4. The first-order valence-electron chi connectivity index (χ1n) is 10.1. The molecule has 0 saturated carbocycles. The van der Waals surface area contributed by atoms with Crippen molar-refractivity contribution in [1.82, 2.24) is 0 Å². The average Bonchev–Trinajstić information content (AvgIpc) is 2.57. The fraction of sp³-hybridized carbons (Fsp3) is 0.727. The Morgan fingerprint density at radius 2 is 1.35 bits per heavy atom. The van der Waals surface area contributed by atoms with E-state index in [1.165, 1.54) is 61.8 Å². The molecule has 0 aliphatic rings. The maximum Gasteiger partial charge on any atom is 0.0378 e. The maximum absolute atomic E-state index is 3.74. The minimum absolute atomic E-state index is 1.12. The molecule has 0 amide bonds. The van der Waals surface area contributed by atoms with Crippen LogP contribution in [0.5, 0.6) is 0 Å². The second-order valence-corrected chi connectivity index (χ2v) is 6.77. The molecule has 0 aromatic heterocycles. The van der Waals surface area contributed by atoms with Gasteiger partial charge in [-0.1, -0.05) is 66.2 Å². The molecule has 1 heteroatoms. The lowest BCUT2D eigenvalue weighted by molar-refractivity contribution is 0.596. The summed E-state index contributed by atoms with van der Waals surface area (Å²) in [5.41, 5.74) is 7.56. The Morgan fingerprint density at radius 1 is 0.739 bits per heavy atom. The lowest BCUT2D eigenvalue weighted by Crippen LogP contribution is -2.09. The SMILES string of the molecule is CCCCCCCCCNc1cc(CC)c(C)c(CC)c1CC. The van der Waals surface area contributed by atoms with Crippen LogP contribution in [0, 0.1) is 6.92 Å². The summed E-state index contributed by atoms with van der Waals surface area (Å²) < 4.78 is 0. The highest BCUT2D eigenvalue weighted by molar-refractivity contribution is 5.60. The molecular weight excluding hydrogens is 278 g/mol. The minimum Gasteiger partial charge on any atom is -0.385 e. The van der Waals surface area contributed by atoms with Crippen LogP contribution in [0.15, 0.2) is 6.07 Å². The van der Waals surface area contributed by atoms with E-state index in [4.69, 9.17) is 0 Å². The molecule has 1 nitrogen and oxygen atoms in total. The zero-order chi connectivity index (χ0) is 17.1. The van der Waals surface area contributed by atoms with Crippen molar-refractivity contribution >= 4 is 5.69 Å². The van der Waals surface area contributed by atoms with Gasteiger partial charge in [-0.15, -0.1) is 0 Å². The summed E-state index contributed by atoms with van der Waals surface area (Å²) in [5.74, 6) is 0. The standard InChI is InChI=1S/C22H39N/c1-6-10-11-12-13-14-15-16-23-22-17-19(7-2)18(5)20(8-3)21(22)9-4/h17,23H,6-16H2,1-5H3. The number of benzene rings is 1. The topological polar surface area (TPSA) is 12.0 Å². The van der Waals surface area contributed by atoms with E-state index in [0.29, 0.717) is 0 Å². The van der Waals surface area contributed by atoms with E-state index < -0.39 is 0 Å². The molecule has 1 aromatic carbocycles. The summed E-state index contributed by atoms with van der Waals surface area (Å²) in [6.45, 7) is 12.6. The second-order valence-electron chi connectivity index (χ2n) is 6.77. The molecule has 0 atom stereocenters. The molecule has 23 heavy (non-hydrogen) atoms. The number of aryl methyl sites for hydroxylation is 1. The van der Waals surface area contributed by atoms with Crippen LogP contribution in [-0.2, 0) is 19.3 Å². The van der Waals surface area contributed by atoms with Gasteiger partial charge >= 0.3 is 0 Å². The van der Waals surface area contributed by atoms with Crippen LogP contribution in [0.1, 0.15) is 94.9 Å². The van der Waals surface area contributed by atoms with Crippen LogP contribution in [0.3, 0.4) is 0 Å². The Hall–Kier alpha value is -0.980. The lowest BCUT2D eigenvalue weighted by atomic mass is 9.91. The van der Waals surface area contributed by atoms with Gasteiger partial charge in [0.25, 0.3) is 0 Å². The van der Waals surface area contributed by atoms with E-state index in [0.717, 1.165) is 25.8 Å². The van der Waals surface area contributed by atoms with Crippen LogP contribution >= 0.6 is 0 Å². The Labute approximate surface area is 145 Å². The van der Waals surface area contributed by atoms with Crippen molar-refractivity contribution in [3.8, 4) is 0 Å². The monoisotopic (exact) mass is 317 g/mol. The summed E-state index contributed by atoms with van der Waals surface area (Å²) >= 11 is 0. The van der Waals surface area contributed by atoms with Crippen LogP contribution in [0.25, 0.3) is 0 Å². The largest absolute Gasteiger partial charge is 0.385 e. The number of nitrogens with one attached hydrogen (secondary N) is 1. The maximum atomic E-state index is 3.74. The van der Waals surface area contributed by atoms with Crippen molar-refractivity contribution in [2.45, 2.75) is 98.8 Å². The summed E-state index contributed by atoms with van der Waals surface area (Å²) in [5, 5.41) is 3.74. The van der Waals surface area contributed by atoms with E-state index in [2.05, 4.69) is 46.0 Å². The Morgan fingerprint density at radius 3 is 1.91 bits per heavy atom. The third-order valence-corrected chi connectivity index (χ3v) is 5.13. The van der Waals surface area contributed by atoms with Crippen LogP contribution < -0.4 is 5.32 Å². The predicted molar refractivity (Wildman–Crippen MR) is 106 cm³/mol. The number of hydrogen-bond acceptors (Lipinski definition) is 1. The summed E-state index contributed by atoms with van der Waals surface area (Å²) in [6.07, 6.45) is 13.1. The van der Waals surface area contributed by atoms with Gasteiger partial charge in [0.2, 0.25) is 0 Å². The highest BCUT2D eigenvalue weighted by Crippen LogP contribution is 2.28. The van der Waals surface area contributed by atoms with Crippen molar-refractivity contribution < 1.29 is 0 Å². The molecule has 0 spiro atoms. The molecule has 0 radical (unpaired) electrons. The first-order chi connectivity index (χ1) is 11.2. The molecule has 1 rings (SSSR count). The van der Waals surface area contributed by atoms with Crippen molar-refractivity contribution in [3.05, 3.63) is 28.3 Å². The minimum atomic E-state index is 1.12. The highest BCUT2D eigenvalue weighted by Gasteiger charge is 2.12. The fourth-order valence-electron chi connectivity index (χ4n) is 3.66. The highest BCUT2D eigenvalue weighted by atomic mass is 14.9. The molecule has 0 heterocycles. The van der Waals surface area contributed by atoms with Gasteiger partial charge < -0.3 is 5.32 Å². The summed E-state index contributed by atoms with van der Waals surface area (Å²) in [6, 6.07) is 2.41. The van der Waals surface area contributed by atoms with Gasteiger partial charge in [0, 0.05) is 12.2 Å². The summed E-state index contributed by atoms with van der Waals surface area (Å²) in [7, 11) is 0. The second kappa shape index (κ2) is 11.5.